The van der Waals surface area contributed by atoms with Crippen LogP contribution in [0.1, 0.15) is 15.9 Å². The molecule has 112 valence electrons. The van der Waals surface area contributed by atoms with Gasteiger partial charge in [-0.2, -0.15) is 0 Å². The molecule has 0 aliphatic carbocycles. The molecule has 0 aliphatic heterocycles. The molecule has 2 N–H and O–H groups in total. The lowest BCUT2D eigenvalue weighted by atomic mass is 10.2. The van der Waals surface area contributed by atoms with E-state index in [-0.39, 0.29) is 5.91 Å². The lowest BCUT2D eigenvalue weighted by molar-refractivity contribution is -0.117. The molecule has 0 saturated carbocycles. The standard InChI is InChI=1S/C17H16N2O3/c1-22-15-9-5-6-13(12-15)10-11-16(20)18-19-17(21)14-7-3-2-4-8-14/h2-12H,1H3,(H,18,20)(H,19,21)/b11-10+. The molecule has 0 aromatic heterocycles. The van der Waals surface area contributed by atoms with Crippen molar-refractivity contribution in [1.29, 1.82) is 0 Å². The van der Waals surface area contributed by atoms with Crippen LogP contribution in [0.25, 0.3) is 6.08 Å². The predicted octanol–water partition coefficient (Wildman–Crippen LogP) is 2.17. The molecule has 5 heteroatoms. The fourth-order valence-corrected chi connectivity index (χ4v) is 1.74. The van der Waals surface area contributed by atoms with Crippen LogP contribution < -0.4 is 15.6 Å². The summed E-state index contributed by atoms with van der Waals surface area (Å²) in [4.78, 5) is 23.4. The Labute approximate surface area is 128 Å². The van der Waals surface area contributed by atoms with Crippen molar-refractivity contribution in [2.45, 2.75) is 0 Å². The van der Waals surface area contributed by atoms with Crippen LogP contribution in [0.2, 0.25) is 0 Å². The summed E-state index contributed by atoms with van der Waals surface area (Å²) in [5, 5.41) is 0. The van der Waals surface area contributed by atoms with Crippen LogP contribution in [-0.4, -0.2) is 18.9 Å². The van der Waals surface area contributed by atoms with E-state index in [1.54, 1.807) is 43.5 Å². The summed E-state index contributed by atoms with van der Waals surface area (Å²) >= 11 is 0. The van der Waals surface area contributed by atoms with Crippen molar-refractivity contribution in [1.82, 2.24) is 10.9 Å². The van der Waals surface area contributed by atoms with Crippen LogP contribution in [0.3, 0.4) is 0 Å². The van der Waals surface area contributed by atoms with Crippen molar-refractivity contribution < 1.29 is 14.3 Å². The molecule has 0 spiro atoms. The molecular weight excluding hydrogens is 280 g/mol. The number of hydrogen-bond acceptors (Lipinski definition) is 3. The number of hydrogen-bond donors (Lipinski definition) is 2. The van der Waals surface area contributed by atoms with Crippen LogP contribution >= 0.6 is 0 Å². The second-order valence-electron chi connectivity index (χ2n) is 4.42. The van der Waals surface area contributed by atoms with Crippen molar-refractivity contribution in [2.24, 2.45) is 0 Å². The van der Waals surface area contributed by atoms with Crippen LogP contribution in [0, 0.1) is 0 Å². The average molecular weight is 296 g/mol. The van der Waals surface area contributed by atoms with E-state index in [2.05, 4.69) is 10.9 Å². The quantitative estimate of drug-likeness (QED) is 0.671. The van der Waals surface area contributed by atoms with Gasteiger partial charge in [-0.05, 0) is 35.9 Å². The van der Waals surface area contributed by atoms with Crippen LogP contribution in [0.5, 0.6) is 5.75 Å². The largest absolute Gasteiger partial charge is 0.497 e. The zero-order valence-electron chi connectivity index (χ0n) is 12.1. The highest BCUT2D eigenvalue weighted by Crippen LogP contribution is 2.13. The highest BCUT2D eigenvalue weighted by molar-refractivity contribution is 5.97. The first-order valence-corrected chi connectivity index (χ1v) is 6.66. The van der Waals surface area contributed by atoms with Gasteiger partial charge < -0.3 is 4.74 Å². The first kappa shape index (κ1) is 15.3. The highest BCUT2D eigenvalue weighted by Gasteiger charge is 2.04. The van der Waals surface area contributed by atoms with E-state index < -0.39 is 5.91 Å². The summed E-state index contributed by atoms with van der Waals surface area (Å²) in [5.74, 6) is -0.0873. The highest BCUT2D eigenvalue weighted by atomic mass is 16.5. The Kier molecular flexibility index (Phi) is 5.31. The van der Waals surface area contributed by atoms with E-state index >= 15 is 0 Å². The van der Waals surface area contributed by atoms with Gasteiger partial charge in [0, 0.05) is 11.6 Å². The van der Waals surface area contributed by atoms with Crippen molar-refractivity contribution in [2.75, 3.05) is 7.11 Å². The van der Waals surface area contributed by atoms with E-state index in [1.807, 2.05) is 24.3 Å². The lowest BCUT2D eigenvalue weighted by Crippen LogP contribution is -2.40. The van der Waals surface area contributed by atoms with Gasteiger partial charge in [0.15, 0.2) is 0 Å². The average Bonchev–Trinajstić information content (AvgIpc) is 2.58. The second-order valence-corrected chi connectivity index (χ2v) is 4.42. The van der Waals surface area contributed by atoms with Crippen molar-refractivity contribution >= 4 is 17.9 Å². The van der Waals surface area contributed by atoms with Gasteiger partial charge in [0.05, 0.1) is 7.11 Å². The maximum absolute atomic E-state index is 11.7. The van der Waals surface area contributed by atoms with Gasteiger partial charge in [-0.25, -0.2) is 0 Å². The normalized spacial score (nSPS) is 10.2. The molecule has 0 heterocycles. The Morgan fingerprint density at radius 3 is 2.50 bits per heavy atom. The van der Waals surface area contributed by atoms with E-state index in [0.717, 1.165) is 5.56 Å². The Morgan fingerprint density at radius 1 is 1.00 bits per heavy atom. The number of carbonyl (C=O) groups excluding carboxylic acids is 2. The molecular formula is C17H16N2O3. The fraction of sp³-hybridized carbons (Fsp3) is 0.0588. The minimum absolute atomic E-state index is 0.372. The van der Waals surface area contributed by atoms with Crippen molar-refractivity contribution in [3.8, 4) is 5.75 Å². The third-order valence-corrected chi connectivity index (χ3v) is 2.86. The Balaban J connectivity index is 1.87. The molecule has 0 radical (unpaired) electrons. The van der Waals surface area contributed by atoms with Gasteiger partial charge >= 0.3 is 0 Å². The van der Waals surface area contributed by atoms with E-state index in [1.165, 1.54) is 6.08 Å². The Morgan fingerprint density at radius 2 is 1.77 bits per heavy atom. The first-order valence-electron chi connectivity index (χ1n) is 6.66. The lowest BCUT2D eigenvalue weighted by Gasteiger charge is -2.05. The van der Waals surface area contributed by atoms with E-state index in [9.17, 15) is 9.59 Å². The van der Waals surface area contributed by atoms with Crippen LogP contribution in [0.4, 0.5) is 0 Å². The number of hydrazine groups is 1. The third-order valence-electron chi connectivity index (χ3n) is 2.86. The number of methoxy groups -OCH3 is 1. The van der Waals surface area contributed by atoms with Gasteiger partial charge in [-0.15, -0.1) is 0 Å². The smallest absolute Gasteiger partial charge is 0.269 e. The SMILES string of the molecule is COc1cccc(/C=C/C(=O)NNC(=O)c2ccccc2)c1. The molecule has 0 bridgehead atoms. The fourth-order valence-electron chi connectivity index (χ4n) is 1.74. The molecule has 22 heavy (non-hydrogen) atoms. The maximum Gasteiger partial charge on any atom is 0.269 e. The topological polar surface area (TPSA) is 67.4 Å². The second kappa shape index (κ2) is 7.64. The zero-order chi connectivity index (χ0) is 15.8. The molecule has 2 rings (SSSR count). The summed E-state index contributed by atoms with van der Waals surface area (Å²) < 4.78 is 5.10. The van der Waals surface area contributed by atoms with E-state index in [4.69, 9.17) is 4.74 Å². The minimum Gasteiger partial charge on any atom is -0.497 e. The minimum atomic E-state index is -0.424. The predicted molar refractivity (Wildman–Crippen MR) is 84.1 cm³/mol. The molecule has 0 unspecified atom stereocenters. The molecule has 2 aromatic carbocycles. The van der Waals surface area contributed by atoms with Gasteiger partial charge in [-0.3, -0.25) is 20.4 Å². The number of rotatable bonds is 4. The molecule has 0 aliphatic rings. The molecule has 0 fully saturated rings. The molecule has 2 aromatic rings. The first-order chi connectivity index (χ1) is 10.7. The Hall–Kier alpha value is -3.08. The number of carbonyl (C=O) groups is 2. The summed E-state index contributed by atoms with van der Waals surface area (Å²) in [7, 11) is 1.58. The molecule has 5 nitrogen and oxygen atoms in total. The number of nitrogens with one attached hydrogen (secondary N) is 2. The van der Waals surface area contributed by atoms with Gasteiger partial charge in [0.2, 0.25) is 0 Å². The van der Waals surface area contributed by atoms with Crippen molar-refractivity contribution in [3.63, 3.8) is 0 Å². The molecule has 0 saturated heterocycles. The number of benzene rings is 2. The monoisotopic (exact) mass is 296 g/mol. The van der Waals surface area contributed by atoms with Crippen LogP contribution in [-0.2, 0) is 4.79 Å². The summed E-state index contributed by atoms with van der Waals surface area (Å²) in [6.45, 7) is 0. The van der Waals surface area contributed by atoms with Crippen LogP contribution in [0.15, 0.2) is 60.7 Å². The third kappa shape index (κ3) is 4.49. The van der Waals surface area contributed by atoms with Gasteiger partial charge in [-0.1, -0.05) is 30.3 Å². The summed E-state index contributed by atoms with van der Waals surface area (Å²) in [6, 6.07) is 15.9. The number of amides is 2. The summed E-state index contributed by atoms with van der Waals surface area (Å²) in [6.07, 6.45) is 2.96. The zero-order valence-corrected chi connectivity index (χ0v) is 12.1. The van der Waals surface area contributed by atoms with E-state index in [0.29, 0.717) is 11.3 Å². The van der Waals surface area contributed by atoms with Crippen molar-refractivity contribution in [3.05, 3.63) is 71.8 Å². The maximum atomic E-state index is 11.7. The molecule has 0 atom stereocenters. The molecule has 2 amide bonds. The summed E-state index contributed by atoms with van der Waals surface area (Å²) in [5.41, 5.74) is 5.96. The number of ether oxygens (including phenoxy) is 1. The Bertz CT molecular complexity index is 681. The van der Waals surface area contributed by atoms with Gasteiger partial charge in [0.1, 0.15) is 5.75 Å². The van der Waals surface area contributed by atoms with Gasteiger partial charge in [0.25, 0.3) is 11.8 Å².